The van der Waals surface area contributed by atoms with Gasteiger partial charge in [0.15, 0.2) is 6.41 Å². The van der Waals surface area contributed by atoms with Gasteiger partial charge in [-0.2, -0.15) is 0 Å². The molecule has 40 heavy (non-hydrogen) atoms. The Kier molecular flexibility index (Phi) is 7.76. The Bertz CT molecular complexity index is 1610. The van der Waals surface area contributed by atoms with E-state index in [1.165, 1.54) is 0 Å². The van der Waals surface area contributed by atoms with Crippen LogP contribution in [0.1, 0.15) is 0 Å². The summed E-state index contributed by atoms with van der Waals surface area (Å²) >= 11 is 1.78. The largest absolute Gasteiger partial charge is 0.497 e. The molecule has 8 heteroatoms. The molecule has 200 valence electrons. The topological polar surface area (TPSA) is 46.3 Å². The molecule has 1 unspecified atom stereocenters. The summed E-state index contributed by atoms with van der Waals surface area (Å²) < 4.78 is 23.4. The van der Waals surface area contributed by atoms with Crippen LogP contribution in [0.25, 0.3) is 0 Å². The minimum Gasteiger partial charge on any atom is -0.497 e. The van der Waals surface area contributed by atoms with Crippen LogP contribution in [0.2, 0.25) is 0 Å². The first-order valence-electron chi connectivity index (χ1n) is 13.0. The van der Waals surface area contributed by atoms with Crippen LogP contribution in [0.5, 0.6) is 5.75 Å². The highest BCUT2D eigenvalue weighted by molar-refractivity contribution is 8.61. The predicted molar refractivity (Wildman–Crippen MR) is 178 cm³/mol. The van der Waals surface area contributed by atoms with E-state index in [0.717, 1.165) is 32.3 Å². The number of ether oxygens (including phenoxy) is 1. The minimum absolute atomic E-state index is 0.823. The van der Waals surface area contributed by atoms with Crippen molar-refractivity contribution in [2.75, 3.05) is 13.4 Å². The van der Waals surface area contributed by atoms with Crippen molar-refractivity contribution in [2.24, 2.45) is 13.5 Å². The average Bonchev–Trinajstić information content (AvgIpc) is 3.06. The van der Waals surface area contributed by atoms with Gasteiger partial charge in [-0.15, -0.1) is 0 Å². The second kappa shape index (κ2) is 11.4. The lowest BCUT2D eigenvalue weighted by Gasteiger charge is -2.37. The Morgan fingerprint density at radius 3 is 1.18 bits per heavy atom. The molecular weight excluding hydrogens is 567 g/mol. The summed E-state index contributed by atoms with van der Waals surface area (Å²) in [5.74, 6) is 0.823. The van der Waals surface area contributed by atoms with Gasteiger partial charge in [0.1, 0.15) is 20.2 Å². The molecule has 0 saturated heterocycles. The number of hydrogen-bond donors (Lipinski definition) is 0. The molecule has 0 radical (unpaired) electrons. The molecule has 0 spiro atoms. The van der Waals surface area contributed by atoms with Crippen molar-refractivity contribution in [1.82, 2.24) is 0 Å². The van der Waals surface area contributed by atoms with Gasteiger partial charge < -0.3 is 4.74 Å². The van der Waals surface area contributed by atoms with E-state index in [0.29, 0.717) is 0 Å². The fourth-order valence-electron chi connectivity index (χ4n) is 4.90. The first-order valence-corrected chi connectivity index (χ1v) is 19.9. The Labute approximate surface area is 241 Å². The fourth-order valence-corrected chi connectivity index (χ4v) is 23.2. The monoisotopic (exact) mass is 597 g/mol. The third kappa shape index (κ3) is 4.76. The second-order valence-electron chi connectivity index (χ2n) is 9.24. The minimum atomic E-state index is -2.67. The van der Waals surface area contributed by atoms with Crippen molar-refractivity contribution in [3.05, 3.63) is 146 Å². The molecule has 6 rings (SSSR count). The summed E-state index contributed by atoms with van der Waals surface area (Å²) in [5, 5.41) is 5.74. The molecule has 0 fully saturated rings. The number of benzene rings is 5. The summed E-state index contributed by atoms with van der Waals surface area (Å²) in [4.78, 5) is 0. The third-order valence-corrected chi connectivity index (χ3v) is 22.0. The van der Waals surface area contributed by atoms with Crippen LogP contribution in [0.4, 0.5) is 0 Å². The summed E-state index contributed by atoms with van der Waals surface area (Å²) in [7, 11) is -3.63. The zero-order valence-electron chi connectivity index (χ0n) is 22.4. The lowest BCUT2D eigenvalue weighted by Crippen LogP contribution is -2.21. The van der Waals surface area contributed by atoms with E-state index in [4.69, 9.17) is 18.3 Å². The van der Waals surface area contributed by atoms with E-state index in [2.05, 4.69) is 140 Å². The van der Waals surface area contributed by atoms with Crippen LogP contribution in [0.3, 0.4) is 0 Å². The van der Waals surface area contributed by atoms with Gasteiger partial charge in [-0.1, -0.05) is 133 Å². The van der Waals surface area contributed by atoms with Gasteiger partial charge in [-0.3, -0.25) is 0 Å². The molecule has 5 aromatic carbocycles. The van der Waals surface area contributed by atoms with Crippen molar-refractivity contribution in [3.63, 3.8) is 0 Å². The van der Waals surface area contributed by atoms with E-state index in [-0.39, 0.29) is 0 Å². The van der Waals surface area contributed by atoms with Crippen molar-refractivity contribution in [2.45, 2.75) is 0 Å². The van der Waals surface area contributed by atoms with E-state index >= 15 is 0 Å². The highest BCUT2D eigenvalue weighted by atomic mass is 32.7. The molecule has 0 saturated carbocycles. The number of nitrogens with zero attached hydrogens (tertiary/aromatic N) is 3. The highest BCUT2D eigenvalue weighted by Gasteiger charge is 2.41. The van der Waals surface area contributed by atoms with Crippen molar-refractivity contribution < 1.29 is 4.74 Å². The van der Waals surface area contributed by atoms with Gasteiger partial charge >= 0.3 is 0 Å². The molecule has 1 aliphatic heterocycles. The van der Waals surface area contributed by atoms with E-state index in [1.807, 2.05) is 12.1 Å². The molecule has 0 bridgehead atoms. The summed E-state index contributed by atoms with van der Waals surface area (Å²) in [5.41, 5.74) is 0. The molecular formula is C32H30N3OP3S. The van der Waals surface area contributed by atoms with Crippen molar-refractivity contribution >= 4 is 58.7 Å². The predicted octanol–water partition coefficient (Wildman–Crippen LogP) is 8.26. The first-order chi connectivity index (χ1) is 19.6. The van der Waals surface area contributed by atoms with Crippen LogP contribution in [0, 0.1) is 0 Å². The first kappa shape index (κ1) is 27.1. The molecule has 0 aliphatic carbocycles. The Morgan fingerprint density at radius 2 is 0.825 bits per heavy atom. The number of hydrogen-bond acceptors (Lipinski definition) is 5. The van der Waals surface area contributed by atoms with Crippen LogP contribution in [-0.4, -0.2) is 13.4 Å². The molecule has 1 atom stereocenters. The van der Waals surface area contributed by atoms with Crippen molar-refractivity contribution in [1.29, 1.82) is 0 Å². The zero-order valence-corrected chi connectivity index (χ0v) is 25.9. The number of methoxy groups -OCH3 is 1. The zero-order chi connectivity index (χ0) is 27.5. The van der Waals surface area contributed by atoms with Crippen LogP contribution in [0.15, 0.2) is 159 Å². The standard InChI is InChI=1S/C32H30N3OP3S/c1-36-27-23-25-32(26-24-27)39(40-2)34-37(28-15-7-3-8-16-28,29-17-9-4-10-18-29)33-38(35-39,30-19-11-5-12-20-30)31-21-13-6-14-22-31/h3-26H,1-2H3. The van der Waals surface area contributed by atoms with E-state index in [1.54, 1.807) is 18.5 Å². The molecule has 4 nitrogen and oxygen atoms in total. The third-order valence-electron chi connectivity index (χ3n) is 6.89. The lowest BCUT2D eigenvalue weighted by atomic mass is 10.3. The van der Waals surface area contributed by atoms with Crippen LogP contribution < -0.4 is 31.3 Å². The van der Waals surface area contributed by atoms with Gasteiger partial charge in [0, 0.05) is 26.5 Å². The van der Waals surface area contributed by atoms with Crippen molar-refractivity contribution in [3.8, 4) is 5.75 Å². The maximum atomic E-state index is 6.01. The molecule has 0 aromatic heterocycles. The maximum absolute atomic E-state index is 6.01. The molecule has 0 amide bonds. The normalized spacial score (nSPS) is 18.9. The van der Waals surface area contributed by atoms with Gasteiger partial charge in [0.2, 0.25) is 0 Å². The second-order valence-corrected chi connectivity index (χ2v) is 20.4. The highest BCUT2D eigenvalue weighted by Crippen LogP contribution is 2.80. The van der Waals surface area contributed by atoms with Gasteiger partial charge in [0.05, 0.1) is 7.11 Å². The summed E-state index contributed by atoms with van der Waals surface area (Å²) in [6, 6.07) is 51.1. The van der Waals surface area contributed by atoms with E-state index < -0.39 is 20.8 Å². The maximum Gasteiger partial charge on any atom is 0.162 e. The molecule has 1 heterocycles. The smallest absolute Gasteiger partial charge is 0.162 e. The van der Waals surface area contributed by atoms with Gasteiger partial charge in [-0.05, 0) is 30.5 Å². The van der Waals surface area contributed by atoms with Gasteiger partial charge in [-0.25, -0.2) is 13.5 Å². The Hall–Kier alpha value is -3.06. The Morgan fingerprint density at radius 1 is 0.450 bits per heavy atom. The SMILES string of the molecule is COc1ccc(P2(SC)=NP(c3ccccc3)(c3ccccc3)=NP(c3ccccc3)(c3ccccc3)=N2)cc1. The fraction of sp³-hybridized carbons (Fsp3) is 0.0625. The lowest BCUT2D eigenvalue weighted by molar-refractivity contribution is 0.415. The molecule has 0 N–H and O–H groups in total. The van der Waals surface area contributed by atoms with Crippen LogP contribution >= 0.6 is 32.2 Å². The number of rotatable bonds is 7. The van der Waals surface area contributed by atoms with Gasteiger partial charge in [0.25, 0.3) is 0 Å². The quantitative estimate of drug-likeness (QED) is 0.177. The van der Waals surface area contributed by atoms with Crippen LogP contribution in [-0.2, 0) is 0 Å². The Balaban J connectivity index is 1.87. The summed E-state index contributed by atoms with van der Waals surface area (Å²) in [6.45, 7) is 0. The van der Waals surface area contributed by atoms with E-state index in [9.17, 15) is 0 Å². The molecule has 1 aliphatic rings. The molecule has 5 aromatic rings. The average molecular weight is 598 g/mol. The summed E-state index contributed by atoms with van der Waals surface area (Å²) in [6.07, 6.45) is -0.384.